The minimum atomic E-state index is -0.901. The number of hydrogen-bond acceptors (Lipinski definition) is 5. The number of rotatable bonds is 7. The second-order valence-electron chi connectivity index (χ2n) is 6.30. The van der Waals surface area contributed by atoms with Crippen molar-refractivity contribution >= 4 is 35.3 Å². The average Bonchev–Trinajstić information content (AvgIpc) is 2.79. The smallest absolute Gasteiger partial charge is 0.329 e. The fourth-order valence-corrected chi connectivity index (χ4v) is 2.75. The number of carbonyl (C=O) groups is 2. The van der Waals surface area contributed by atoms with E-state index in [9.17, 15) is 9.59 Å². The van der Waals surface area contributed by atoms with Crippen molar-refractivity contribution in [2.45, 2.75) is 6.61 Å². The normalized spacial score (nSPS) is 10.5. The van der Waals surface area contributed by atoms with Crippen LogP contribution in [-0.4, -0.2) is 25.1 Å². The van der Waals surface area contributed by atoms with Crippen LogP contribution in [0.3, 0.4) is 0 Å². The van der Waals surface area contributed by atoms with E-state index in [1.807, 2.05) is 30.3 Å². The van der Waals surface area contributed by atoms with Crippen molar-refractivity contribution in [3.05, 3.63) is 88.9 Å². The molecule has 31 heavy (non-hydrogen) atoms. The molecule has 0 bridgehead atoms. The summed E-state index contributed by atoms with van der Waals surface area (Å²) in [5.74, 6) is -0.544. The molecule has 158 valence electrons. The summed E-state index contributed by atoms with van der Waals surface area (Å²) in [5, 5.41) is 6.95. The quantitative estimate of drug-likeness (QED) is 0.332. The molecular weight excluding hydrogens is 418 g/mol. The van der Waals surface area contributed by atoms with Crippen molar-refractivity contribution in [3.8, 4) is 11.5 Å². The Hall–Kier alpha value is -3.84. The van der Waals surface area contributed by atoms with Crippen molar-refractivity contribution in [3.63, 3.8) is 0 Å². The number of methoxy groups -OCH3 is 1. The van der Waals surface area contributed by atoms with E-state index in [0.29, 0.717) is 27.8 Å². The van der Waals surface area contributed by atoms with Crippen molar-refractivity contribution in [2.75, 3.05) is 12.4 Å². The zero-order valence-electron chi connectivity index (χ0n) is 16.7. The Kier molecular flexibility index (Phi) is 7.61. The third-order valence-electron chi connectivity index (χ3n) is 4.18. The largest absolute Gasteiger partial charge is 0.497 e. The fourth-order valence-electron chi connectivity index (χ4n) is 2.56. The molecule has 0 aliphatic rings. The van der Waals surface area contributed by atoms with Crippen LogP contribution in [0.5, 0.6) is 11.5 Å². The number of hydrazone groups is 1. The molecule has 0 radical (unpaired) electrons. The predicted molar refractivity (Wildman–Crippen MR) is 120 cm³/mol. The fraction of sp³-hybridized carbons (Fsp3) is 0.0870. The Morgan fingerprint density at radius 3 is 2.42 bits per heavy atom. The number of hydrogen-bond donors (Lipinski definition) is 2. The Morgan fingerprint density at radius 1 is 0.968 bits per heavy atom. The highest BCUT2D eigenvalue weighted by atomic mass is 35.5. The molecule has 0 saturated carbocycles. The maximum Gasteiger partial charge on any atom is 0.329 e. The number of halogens is 1. The Morgan fingerprint density at radius 2 is 1.68 bits per heavy atom. The second kappa shape index (κ2) is 10.8. The molecule has 0 atom stereocenters. The van der Waals surface area contributed by atoms with Gasteiger partial charge in [0, 0.05) is 21.8 Å². The number of para-hydroxylation sites is 1. The van der Waals surface area contributed by atoms with Crippen LogP contribution in [0.2, 0.25) is 5.02 Å². The van der Waals surface area contributed by atoms with Crippen LogP contribution in [0.4, 0.5) is 5.69 Å². The summed E-state index contributed by atoms with van der Waals surface area (Å²) in [6, 6.07) is 21.2. The zero-order valence-corrected chi connectivity index (χ0v) is 17.4. The molecule has 8 heteroatoms. The molecule has 3 aromatic rings. The lowest BCUT2D eigenvalue weighted by Gasteiger charge is -2.10. The van der Waals surface area contributed by atoms with Gasteiger partial charge in [-0.1, -0.05) is 41.9 Å². The van der Waals surface area contributed by atoms with Gasteiger partial charge in [-0.15, -0.1) is 0 Å². The molecule has 0 heterocycles. The molecule has 0 unspecified atom stereocenters. The Balaban J connectivity index is 1.56. The highest BCUT2D eigenvalue weighted by Crippen LogP contribution is 2.21. The van der Waals surface area contributed by atoms with E-state index >= 15 is 0 Å². The van der Waals surface area contributed by atoms with E-state index in [4.69, 9.17) is 21.1 Å². The standard InChI is InChI=1S/C23H20ClN3O4/c1-30-19-12-10-18(11-13-19)26-22(28)23(29)27-25-14-16-6-3-5-9-21(16)31-15-17-7-2-4-8-20(17)24/h2-14H,15H2,1H3,(H,26,28)(H,27,29)/b25-14-. The van der Waals surface area contributed by atoms with Gasteiger partial charge >= 0.3 is 11.8 Å². The van der Waals surface area contributed by atoms with Crippen molar-refractivity contribution < 1.29 is 19.1 Å². The number of carbonyl (C=O) groups excluding carboxylic acids is 2. The van der Waals surface area contributed by atoms with Crippen molar-refractivity contribution in [1.82, 2.24) is 5.43 Å². The lowest BCUT2D eigenvalue weighted by atomic mass is 10.2. The minimum Gasteiger partial charge on any atom is -0.497 e. The first-order valence-corrected chi connectivity index (χ1v) is 9.68. The van der Waals surface area contributed by atoms with E-state index in [2.05, 4.69) is 15.8 Å². The van der Waals surface area contributed by atoms with E-state index in [-0.39, 0.29) is 6.61 Å². The van der Waals surface area contributed by atoms with Crippen LogP contribution >= 0.6 is 11.6 Å². The average molecular weight is 438 g/mol. The van der Waals surface area contributed by atoms with E-state index in [1.54, 1.807) is 49.6 Å². The molecule has 0 fully saturated rings. The van der Waals surface area contributed by atoms with Gasteiger partial charge in [-0.3, -0.25) is 9.59 Å². The zero-order chi connectivity index (χ0) is 22.1. The van der Waals surface area contributed by atoms with Gasteiger partial charge in [0.1, 0.15) is 18.1 Å². The van der Waals surface area contributed by atoms with Crippen LogP contribution in [0.1, 0.15) is 11.1 Å². The van der Waals surface area contributed by atoms with Crippen LogP contribution in [0.25, 0.3) is 0 Å². The maximum atomic E-state index is 12.0. The third kappa shape index (κ3) is 6.32. The van der Waals surface area contributed by atoms with Gasteiger partial charge in [0.05, 0.1) is 13.3 Å². The highest BCUT2D eigenvalue weighted by Gasteiger charge is 2.13. The maximum absolute atomic E-state index is 12.0. The molecule has 0 spiro atoms. The van der Waals surface area contributed by atoms with Gasteiger partial charge in [0.25, 0.3) is 0 Å². The van der Waals surface area contributed by atoms with Crippen LogP contribution in [0, 0.1) is 0 Å². The molecular formula is C23H20ClN3O4. The van der Waals surface area contributed by atoms with Gasteiger partial charge in [-0.2, -0.15) is 5.10 Å². The Bertz CT molecular complexity index is 1080. The number of benzene rings is 3. The summed E-state index contributed by atoms with van der Waals surface area (Å²) in [6.07, 6.45) is 1.40. The first-order chi connectivity index (χ1) is 15.1. The number of nitrogens with one attached hydrogen (secondary N) is 2. The number of amides is 2. The lowest BCUT2D eigenvalue weighted by Crippen LogP contribution is -2.32. The number of ether oxygens (including phenoxy) is 2. The van der Waals surface area contributed by atoms with E-state index in [1.165, 1.54) is 6.21 Å². The monoisotopic (exact) mass is 437 g/mol. The van der Waals surface area contributed by atoms with Crippen molar-refractivity contribution in [1.29, 1.82) is 0 Å². The predicted octanol–water partition coefficient (Wildman–Crippen LogP) is 4.02. The SMILES string of the molecule is COc1ccc(NC(=O)C(=O)N/N=C\c2ccccc2OCc2ccccc2Cl)cc1. The van der Waals surface area contributed by atoms with E-state index < -0.39 is 11.8 Å². The third-order valence-corrected chi connectivity index (χ3v) is 4.55. The number of nitrogens with zero attached hydrogens (tertiary/aromatic N) is 1. The van der Waals surface area contributed by atoms with Crippen molar-refractivity contribution in [2.24, 2.45) is 5.10 Å². The van der Waals surface area contributed by atoms with Crippen LogP contribution < -0.4 is 20.2 Å². The minimum absolute atomic E-state index is 0.279. The first-order valence-electron chi connectivity index (χ1n) is 9.30. The summed E-state index contributed by atoms with van der Waals surface area (Å²) in [7, 11) is 1.54. The molecule has 0 aliphatic heterocycles. The summed E-state index contributed by atoms with van der Waals surface area (Å²) in [4.78, 5) is 24.0. The van der Waals surface area contributed by atoms with Crippen LogP contribution in [0.15, 0.2) is 77.9 Å². The topological polar surface area (TPSA) is 89.0 Å². The molecule has 3 aromatic carbocycles. The summed E-state index contributed by atoms with van der Waals surface area (Å²) >= 11 is 6.15. The first kappa shape index (κ1) is 21.9. The molecule has 2 N–H and O–H groups in total. The molecule has 0 aliphatic carbocycles. The van der Waals surface area contributed by atoms with E-state index in [0.717, 1.165) is 5.56 Å². The molecule has 0 saturated heterocycles. The molecule has 2 amide bonds. The van der Waals surface area contributed by atoms with Crippen LogP contribution in [-0.2, 0) is 16.2 Å². The highest BCUT2D eigenvalue weighted by molar-refractivity contribution is 6.39. The summed E-state index contributed by atoms with van der Waals surface area (Å²) < 4.78 is 10.9. The molecule has 3 rings (SSSR count). The van der Waals surface area contributed by atoms with Gasteiger partial charge in [-0.25, -0.2) is 5.43 Å². The van der Waals surface area contributed by atoms with Gasteiger partial charge in [0.15, 0.2) is 0 Å². The van der Waals surface area contributed by atoms with Gasteiger partial charge < -0.3 is 14.8 Å². The number of anilines is 1. The van der Waals surface area contributed by atoms with Gasteiger partial charge in [-0.05, 0) is 42.5 Å². The lowest BCUT2D eigenvalue weighted by molar-refractivity contribution is -0.136. The molecule has 0 aromatic heterocycles. The Labute approximate surface area is 184 Å². The summed E-state index contributed by atoms with van der Waals surface area (Å²) in [6.45, 7) is 0.279. The summed E-state index contributed by atoms with van der Waals surface area (Å²) in [5.41, 5.74) is 4.14. The molecule has 7 nitrogen and oxygen atoms in total. The van der Waals surface area contributed by atoms with Gasteiger partial charge in [0.2, 0.25) is 0 Å². The second-order valence-corrected chi connectivity index (χ2v) is 6.71.